The first-order valence-corrected chi connectivity index (χ1v) is 7.82. The SMILES string of the molecule is O=C(O)CCN(C(=O)CCn1ccccc1=O)C1CCOCC1. The highest BCUT2D eigenvalue weighted by atomic mass is 16.5. The predicted octanol–water partition coefficient (Wildman–Crippen LogP) is 0.721. The monoisotopic (exact) mass is 322 g/mol. The normalized spacial score (nSPS) is 15.3. The second-order valence-electron chi connectivity index (χ2n) is 5.56. The van der Waals surface area contributed by atoms with Crippen LogP contribution in [0.2, 0.25) is 0 Å². The van der Waals surface area contributed by atoms with E-state index in [2.05, 4.69) is 0 Å². The molecule has 0 spiro atoms. The quantitative estimate of drug-likeness (QED) is 0.799. The molecule has 7 nitrogen and oxygen atoms in total. The average Bonchev–Trinajstić information content (AvgIpc) is 2.55. The summed E-state index contributed by atoms with van der Waals surface area (Å²) in [6, 6.07) is 4.86. The Balaban J connectivity index is 1.98. The molecule has 1 aliphatic heterocycles. The number of amides is 1. The number of hydrogen-bond acceptors (Lipinski definition) is 4. The van der Waals surface area contributed by atoms with Gasteiger partial charge in [-0.1, -0.05) is 6.07 Å². The number of rotatable bonds is 7. The molecule has 0 bridgehead atoms. The lowest BCUT2D eigenvalue weighted by Gasteiger charge is -2.34. The van der Waals surface area contributed by atoms with E-state index in [9.17, 15) is 14.4 Å². The van der Waals surface area contributed by atoms with Crippen molar-refractivity contribution in [3.8, 4) is 0 Å². The molecule has 1 aliphatic rings. The van der Waals surface area contributed by atoms with Crippen LogP contribution in [-0.2, 0) is 20.9 Å². The van der Waals surface area contributed by atoms with Crippen LogP contribution in [0.1, 0.15) is 25.7 Å². The van der Waals surface area contributed by atoms with Gasteiger partial charge in [-0.25, -0.2) is 0 Å². The van der Waals surface area contributed by atoms with Crippen LogP contribution < -0.4 is 5.56 Å². The molecule has 1 amide bonds. The van der Waals surface area contributed by atoms with E-state index < -0.39 is 5.97 Å². The molecule has 0 aliphatic carbocycles. The number of carboxylic acid groups (broad SMARTS) is 1. The van der Waals surface area contributed by atoms with Crippen molar-refractivity contribution in [3.05, 3.63) is 34.7 Å². The minimum Gasteiger partial charge on any atom is -0.481 e. The Hall–Kier alpha value is -2.15. The summed E-state index contributed by atoms with van der Waals surface area (Å²) in [6.07, 6.45) is 3.19. The molecule has 0 atom stereocenters. The summed E-state index contributed by atoms with van der Waals surface area (Å²) >= 11 is 0. The van der Waals surface area contributed by atoms with Gasteiger partial charge in [-0.15, -0.1) is 0 Å². The van der Waals surface area contributed by atoms with E-state index >= 15 is 0 Å². The number of carbonyl (C=O) groups is 2. The van der Waals surface area contributed by atoms with E-state index in [4.69, 9.17) is 9.84 Å². The summed E-state index contributed by atoms with van der Waals surface area (Å²) in [5.74, 6) is -1.04. The maximum atomic E-state index is 12.5. The van der Waals surface area contributed by atoms with E-state index in [1.165, 1.54) is 10.6 Å². The zero-order chi connectivity index (χ0) is 16.7. The summed E-state index contributed by atoms with van der Waals surface area (Å²) in [7, 11) is 0. The van der Waals surface area contributed by atoms with Gasteiger partial charge in [0.25, 0.3) is 5.56 Å². The van der Waals surface area contributed by atoms with Gasteiger partial charge in [-0.2, -0.15) is 0 Å². The topological polar surface area (TPSA) is 88.8 Å². The van der Waals surface area contributed by atoms with Gasteiger partial charge in [-0.05, 0) is 18.9 Å². The van der Waals surface area contributed by atoms with Crippen LogP contribution >= 0.6 is 0 Å². The number of ether oxygens (including phenoxy) is 1. The predicted molar refractivity (Wildman–Crippen MR) is 83.1 cm³/mol. The van der Waals surface area contributed by atoms with Gasteiger partial charge in [0.1, 0.15) is 0 Å². The first-order valence-electron chi connectivity index (χ1n) is 7.82. The first kappa shape index (κ1) is 17.2. The summed E-state index contributed by atoms with van der Waals surface area (Å²) in [5, 5.41) is 8.88. The van der Waals surface area contributed by atoms with Crippen molar-refractivity contribution in [2.24, 2.45) is 0 Å². The van der Waals surface area contributed by atoms with Crippen molar-refractivity contribution >= 4 is 11.9 Å². The molecule has 126 valence electrons. The van der Waals surface area contributed by atoms with Crippen LogP contribution in [0.4, 0.5) is 0 Å². The summed E-state index contributed by atoms with van der Waals surface area (Å²) < 4.78 is 6.78. The van der Waals surface area contributed by atoms with E-state index in [1.807, 2.05) is 0 Å². The van der Waals surface area contributed by atoms with Crippen LogP contribution in [0.3, 0.4) is 0 Å². The Kier molecular flexibility index (Phi) is 6.34. The molecule has 0 aromatic carbocycles. The maximum Gasteiger partial charge on any atom is 0.305 e. The van der Waals surface area contributed by atoms with E-state index in [0.717, 1.165) is 12.8 Å². The molecule has 7 heteroatoms. The van der Waals surface area contributed by atoms with Crippen molar-refractivity contribution in [2.75, 3.05) is 19.8 Å². The Morgan fingerprint density at radius 1 is 1.26 bits per heavy atom. The van der Waals surface area contributed by atoms with Gasteiger partial charge in [-0.3, -0.25) is 14.4 Å². The average molecular weight is 322 g/mol. The third-order valence-electron chi connectivity index (χ3n) is 3.98. The molecule has 1 aromatic rings. The van der Waals surface area contributed by atoms with Gasteiger partial charge in [0, 0.05) is 51.0 Å². The largest absolute Gasteiger partial charge is 0.481 e. The lowest BCUT2D eigenvalue weighted by molar-refractivity contribution is -0.140. The standard InChI is InChI=1S/C16H22N2O5/c19-14-3-1-2-8-17(14)9-4-15(20)18(10-5-16(21)22)13-6-11-23-12-7-13/h1-3,8,13H,4-7,9-12H2,(H,21,22). The third kappa shape index (κ3) is 5.21. The van der Waals surface area contributed by atoms with E-state index in [0.29, 0.717) is 19.8 Å². The van der Waals surface area contributed by atoms with Gasteiger partial charge >= 0.3 is 5.97 Å². The molecule has 2 heterocycles. The summed E-state index contributed by atoms with van der Waals surface area (Å²) in [4.78, 5) is 36.6. The van der Waals surface area contributed by atoms with Crippen molar-refractivity contribution in [2.45, 2.75) is 38.3 Å². The number of aromatic nitrogens is 1. The molecule has 23 heavy (non-hydrogen) atoms. The molecule has 2 rings (SSSR count). The third-order valence-corrected chi connectivity index (χ3v) is 3.98. The molecule has 1 aromatic heterocycles. The lowest BCUT2D eigenvalue weighted by atomic mass is 10.1. The fourth-order valence-electron chi connectivity index (χ4n) is 2.73. The highest BCUT2D eigenvalue weighted by Crippen LogP contribution is 2.16. The summed E-state index contributed by atoms with van der Waals surface area (Å²) in [5.41, 5.74) is -0.150. The van der Waals surface area contributed by atoms with Crippen LogP contribution in [0.15, 0.2) is 29.2 Å². The molecule has 0 saturated carbocycles. The van der Waals surface area contributed by atoms with Gasteiger partial charge in [0.05, 0.1) is 6.42 Å². The Morgan fingerprint density at radius 3 is 2.65 bits per heavy atom. The van der Waals surface area contributed by atoms with Crippen LogP contribution in [-0.4, -0.2) is 52.3 Å². The molecule has 1 saturated heterocycles. The minimum atomic E-state index is -0.922. The highest BCUT2D eigenvalue weighted by Gasteiger charge is 2.25. The second-order valence-corrected chi connectivity index (χ2v) is 5.56. The van der Waals surface area contributed by atoms with Crippen molar-refractivity contribution in [3.63, 3.8) is 0 Å². The smallest absolute Gasteiger partial charge is 0.305 e. The van der Waals surface area contributed by atoms with Crippen molar-refractivity contribution in [1.29, 1.82) is 0 Å². The van der Waals surface area contributed by atoms with Gasteiger partial charge in [0.2, 0.25) is 5.91 Å². The van der Waals surface area contributed by atoms with Gasteiger partial charge < -0.3 is 19.3 Å². The fraction of sp³-hybridized carbons (Fsp3) is 0.562. The number of aliphatic carboxylic acids is 1. The molecular weight excluding hydrogens is 300 g/mol. The highest BCUT2D eigenvalue weighted by molar-refractivity contribution is 5.77. The van der Waals surface area contributed by atoms with Crippen LogP contribution in [0.25, 0.3) is 0 Å². The number of nitrogens with zero attached hydrogens (tertiary/aromatic N) is 2. The minimum absolute atomic E-state index is 0.0168. The van der Waals surface area contributed by atoms with E-state index in [1.54, 1.807) is 23.2 Å². The Morgan fingerprint density at radius 2 is 2.00 bits per heavy atom. The van der Waals surface area contributed by atoms with Gasteiger partial charge in [0.15, 0.2) is 0 Å². The summed E-state index contributed by atoms with van der Waals surface area (Å²) in [6.45, 7) is 1.66. The lowest BCUT2D eigenvalue weighted by Crippen LogP contribution is -2.44. The van der Waals surface area contributed by atoms with Crippen LogP contribution in [0.5, 0.6) is 0 Å². The molecule has 1 N–H and O–H groups in total. The fourth-order valence-corrected chi connectivity index (χ4v) is 2.73. The second kappa shape index (κ2) is 8.47. The number of hydrogen-bond donors (Lipinski definition) is 1. The number of carbonyl (C=O) groups excluding carboxylic acids is 1. The first-order chi connectivity index (χ1) is 11.1. The maximum absolute atomic E-state index is 12.5. The van der Waals surface area contributed by atoms with Crippen molar-refractivity contribution in [1.82, 2.24) is 9.47 Å². The van der Waals surface area contributed by atoms with Crippen molar-refractivity contribution < 1.29 is 19.4 Å². The molecular formula is C16H22N2O5. The Labute approximate surface area is 134 Å². The van der Waals surface area contributed by atoms with E-state index in [-0.39, 0.29) is 36.9 Å². The zero-order valence-corrected chi connectivity index (χ0v) is 13.0. The molecule has 0 radical (unpaired) electrons. The Bertz CT molecular complexity index is 592. The number of pyridine rings is 1. The number of aryl methyl sites for hydroxylation is 1. The number of carboxylic acids is 1. The van der Waals surface area contributed by atoms with Crippen LogP contribution in [0, 0.1) is 0 Å². The molecule has 1 fully saturated rings. The molecule has 0 unspecified atom stereocenters. The zero-order valence-electron chi connectivity index (χ0n) is 13.0.